The SMILES string of the molecule is Clc1ccc2c(c1)[C@H]1CC(c3ccccc3)=NN1[C@H](c1ccccc1Cl)O2. The van der Waals surface area contributed by atoms with Gasteiger partial charge in [0.2, 0.25) is 6.23 Å². The zero-order chi connectivity index (χ0) is 18.4. The van der Waals surface area contributed by atoms with Crippen molar-refractivity contribution in [2.24, 2.45) is 5.10 Å². The zero-order valence-corrected chi connectivity index (χ0v) is 15.9. The van der Waals surface area contributed by atoms with E-state index in [1.807, 2.05) is 65.7 Å². The topological polar surface area (TPSA) is 24.8 Å². The number of ether oxygens (including phenoxy) is 1. The standard InChI is InChI=1S/C22H16Cl2N2O/c23-15-10-11-21-17(12-15)20-13-19(14-6-2-1-3-7-14)25-26(20)22(27-21)16-8-4-5-9-18(16)24/h1-12,20,22H,13H2/t20-,22+/m1/s1. The van der Waals surface area contributed by atoms with Crippen molar-refractivity contribution >= 4 is 28.9 Å². The molecule has 3 aromatic rings. The van der Waals surface area contributed by atoms with Gasteiger partial charge >= 0.3 is 0 Å². The monoisotopic (exact) mass is 394 g/mol. The van der Waals surface area contributed by atoms with Gasteiger partial charge in [-0.15, -0.1) is 0 Å². The van der Waals surface area contributed by atoms with Crippen LogP contribution in [0, 0.1) is 0 Å². The fourth-order valence-corrected chi connectivity index (χ4v) is 4.15. The van der Waals surface area contributed by atoms with Gasteiger partial charge in [-0.2, -0.15) is 5.10 Å². The van der Waals surface area contributed by atoms with E-state index in [0.29, 0.717) is 10.0 Å². The maximum atomic E-state index is 6.48. The predicted molar refractivity (Wildman–Crippen MR) is 108 cm³/mol. The van der Waals surface area contributed by atoms with Crippen molar-refractivity contribution in [2.75, 3.05) is 0 Å². The first-order chi connectivity index (χ1) is 13.2. The lowest BCUT2D eigenvalue weighted by atomic mass is 9.96. The van der Waals surface area contributed by atoms with E-state index in [9.17, 15) is 0 Å². The third-order valence-electron chi connectivity index (χ3n) is 5.03. The molecular weight excluding hydrogens is 379 g/mol. The molecule has 3 nitrogen and oxygen atoms in total. The molecular formula is C22H16Cl2N2O. The number of fused-ring (bicyclic) bond motifs is 3. The number of halogens is 2. The Kier molecular flexibility index (Phi) is 4.07. The summed E-state index contributed by atoms with van der Waals surface area (Å²) in [5, 5.41) is 8.31. The molecule has 3 aromatic carbocycles. The summed E-state index contributed by atoms with van der Waals surface area (Å²) in [4.78, 5) is 0. The van der Waals surface area contributed by atoms with Gasteiger partial charge in [0.15, 0.2) is 0 Å². The number of hydrogen-bond acceptors (Lipinski definition) is 3. The Morgan fingerprint density at radius 3 is 2.48 bits per heavy atom. The number of rotatable bonds is 2. The highest BCUT2D eigenvalue weighted by Crippen LogP contribution is 2.49. The van der Waals surface area contributed by atoms with Crippen LogP contribution in [0.1, 0.15) is 35.4 Å². The van der Waals surface area contributed by atoms with Crippen LogP contribution in [-0.4, -0.2) is 10.7 Å². The quantitative estimate of drug-likeness (QED) is 0.513. The Morgan fingerprint density at radius 1 is 0.889 bits per heavy atom. The first kappa shape index (κ1) is 16.7. The fraction of sp³-hybridized carbons (Fsp3) is 0.136. The van der Waals surface area contributed by atoms with E-state index in [1.54, 1.807) is 0 Å². The van der Waals surface area contributed by atoms with Crippen LogP contribution >= 0.6 is 23.2 Å². The zero-order valence-electron chi connectivity index (χ0n) is 14.3. The summed E-state index contributed by atoms with van der Waals surface area (Å²) in [6.45, 7) is 0. The summed E-state index contributed by atoms with van der Waals surface area (Å²) in [5.74, 6) is 0.829. The van der Waals surface area contributed by atoms with Crippen LogP contribution in [0.4, 0.5) is 0 Å². The average Bonchev–Trinajstić information content (AvgIpc) is 3.15. The molecule has 0 bridgehead atoms. The third-order valence-corrected chi connectivity index (χ3v) is 5.61. The first-order valence-corrected chi connectivity index (χ1v) is 9.58. The molecule has 0 amide bonds. The molecule has 0 unspecified atom stereocenters. The Hall–Kier alpha value is -2.49. The lowest BCUT2D eigenvalue weighted by Crippen LogP contribution is -2.33. The lowest BCUT2D eigenvalue weighted by molar-refractivity contribution is -0.0189. The molecule has 5 rings (SSSR count). The fourth-order valence-electron chi connectivity index (χ4n) is 3.74. The Morgan fingerprint density at radius 2 is 1.67 bits per heavy atom. The molecule has 2 aliphatic rings. The minimum absolute atomic E-state index is 0.0592. The molecule has 0 saturated heterocycles. The van der Waals surface area contributed by atoms with Gasteiger partial charge in [-0.25, -0.2) is 5.01 Å². The van der Waals surface area contributed by atoms with Crippen LogP contribution in [0.2, 0.25) is 10.0 Å². The van der Waals surface area contributed by atoms with Crippen molar-refractivity contribution < 1.29 is 4.74 Å². The molecule has 0 aliphatic carbocycles. The Labute approximate surface area is 167 Å². The van der Waals surface area contributed by atoms with Gasteiger partial charge in [0.05, 0.1) is 11.8 Å². The number of benzene rings is 3. The molecule has 27 heavy (non-hydrogen) atoms. The normalized spacial score (nSPS) is 20.5. The second-order valence-electron chi connectivity index (χ2n) is 6.69. The highest BCUT2D eigenvalue weighted by Gasteiger charge is 2.41. The van der Waals surface area contributed by atoms with Gasteiger partial charge in [-0.3, -0.25) is 0 Å². The van der Waals surface area contributed by atoms with Gasteiger partial charge < -0.3 is 4.74 Å². The molecule has 0 fully saturated rings. The van der Waals surface area contributed by atoms with E-state index < -0.39 is 0 Å². The second kappa shape index (κ2) is 6.59. The minimum Gasteiger partial charge on any atom is -0.464 e. The molecule has 0 spiro atoms. The number of hydrazone groups is 1. The maximum absolute atomic E-state index is 6.48. The first-order valence-electron chi connectivity index (χ1n) is 8.82. The summed E-state index contributed by atoms with van der Waals surface area (Å²) >= 11 is 12.7. The van der Waals surface area contributed by atoms with Crippen molar-refractivity contribution in [3.8, 4) is 5.75 Å². The van der Waals surface area contributed by atoms with Crippen LogP contribution in [0.25, 0.3) is 0 Å². The van der Waals surface area contributed by atoms with Crippen LogP contribution in [0.5, 0.6) is 5.75 Å². The van der Waals surface area contributed by atoms with Crippen LogP contribution in [0.3, 0.4) is 0 Å². The van der Waals surface area contributed by atoms with E-state index in [1.165, 1.54) is 0 Å². The summed E-state index contributed by atoms with van der Waals surface area (Å²) < 4.78 is 6.33. The molecule has 134 valence electrons. The molecule has 2 atom stereocenters. The predicted octanol–water partition coefficient (Wildman–Crippen LogP) is 6.24. The van der Waals surface area contributed by atoms with Crippen molar-refractivity contribution in [3.05, 3.63) is 99.5 Å². The van der Waals surface area contributed by atoms with Crippen LogP contribution in [0.15, 0.2) is 77.9 Å². The van der Waals surface area contributed by atoms with Crippen LogP contribution in [-0.2, 0) is 0 Å². The third kappa shape index (κ3) is 2.88. The van der Waals surface area contributed by atoms with E-state index in [2.05, 4.69) is 12.1 Å². The molecule has 2 aliphatic heterocycles. The van der Waals surface area contributed by atoms with E-state index in [4.69, 9.17) is 33.0 Å². The van der Waals surface area contributed by atoms with Gasteiger partial charge in [0.1, 0.15) is 5.75 Å². The molecule has 0 N–H and O–H groups in total. The van der Waals surface area contributed by atoms with Gasteiger partial charge in [0.25, 0.3) is 0 Å². The van der Waals surface area contributed by atoms with Gasteiger partial charge in [0, 0.05) is 27.6 Å². The van der Waals surface area contributed by atoms with Crippen molar-refractivity contribution in [1.82, 2.24) is 5.01 Å². The minimum atomic E-state index is -0.376. The molecule has 0 saturated carbocycles. The summed E-state index contributed by atoms with van der Waals surface area (Å²) in [6, 6.07) is 23.8. The van der Waals surface area contributed by atoms with Crippen molar-refractivity contribution in [3.63, 3.8) is 0 Å². The molecule has 0 aromatic heterocycles. The van der Waals surface area contributed by atoms with E-state index in [-0.39, 0.29) is 12.3 Å². The molecule has 5 heteroatoms. The van der Waals surface area contributed by atoms with Crippen molar-refractivity contribution in [2.45, 2.75) is 18.7 Å². The highest BCUT2D eigenvalue weighted by atomic mass is 35.5. The average molecular weight is 395 g/mol. The Bertz CT molecular complexity index is 1040. The summed E-state index contributed by atoms with van der Waals surface area (Å²) in [7, 11) is 0. The van der Waals surface area contributed by atoms with Gasteiger partial charge in [-0.05, 0) is 29.8 Å². The summed E-state index contributed by atoms with van der Waals surface area (Å²) in [6.07, 6.45) is 0.417. The maximum Gasteiger partial charge on any atom is 0.215 e. The van der Waals surface area contributed by atoms with Crippen LogP contribution < -0.4 is 4.74 Å². The lowest BCUT2D eigenvalue weighted by Gasteiger charge is -2.38. The number of hydrogen-bond donors (Lipinski definition) is 0. The smallest absolute Gasteiger partial charge is 0.215 e. The van der Waals surface area contributed by atoms with E-state index >= 15 is 0 Å². The largest absolute Gasteiger partial charge is 0.464 e. The Balaban J connectivity index is 1.64. The molecule has 2 heterocycles. The highest BCUT2D eigenvalue weighted by molar-refractivity contribution is 6.31. The molecule has 0 radical (unpaired) electrons. The summed E-state index contributed by atoms with van der Waals surface area (Å²) in [5.41, 5.74) is 4.12. The second-order valence-corrected chi connectivity index (χ2v) is 7.53. The van der Waals surface area contributed by atoms with Crippen molar-refractivity contribution in [1.29, 1.82) is 0 Å². The van der Waals surface area contributed by atoms with Gasteiger partial charge in [-0.1, -0.05) is 71.7 Å². The number of nitrogens with zero attached hydrogens (tertiary/aromatic N) is 2. The van der Waals surface area contributed by atoms with E-state index in [0.717, 1.165) is 34.6 Å².